The van der Waals surface area contributed by atoms with Gasteiger partial charge in [-0.1, -0.05) is 48.5 Å². The van der Waals surface area contributed by atoms with Gasteiger partial charge in [-0.3, -0.25) is 14.6 Å². The minimum absolute atomic E-state index is 0.0169. The van der Waals surface area contributed by atoms with Crippen molar-refractivity contribution >= 4 is 5.91 Å². The second kappa shape index (κ2) is 7.56. The molecule has 0 unspecified atom stereocenters. The molecule has 1 saturated heterocycles. The Labute approximate surface area is 191 Å². The zero-order chi connectivity index (χ0) is 22.7. The number of carbonyl (C=O) groups is 1. The first-order chi connectivity index (χ1) is 16.1. The lowest BCUT2D eigenvalue weighted by molar-refractivity contribution is -0.125. The summed E-state index contributed by atoms with van der Waals surface area (Å²) in [6.45, 7) is 2.73. The number of rotatable bonds is 1. The van der Waals surface area contributed by atoms with Crippen LogP contribution >= 0.6 is 0 Å². The summed E-state index contributed by atoms with van der Waals surface area (Å²) in [5, 5.41) is 19.0. The maximum absolute atomic E-state index is 13.5. The topological polar surface area (TPSA) is 78.7 Å². The smallest absolute Gasteiger partial charge is 0.290 e. The first-order valence-electron chi connectivity index (χ1n) is 11.6. The van der Waals surface area contributed by atoms with Crippen LogP contribution in [0.25, 0.3) is 0 Å². The van der Waals surface area contributed by atoms with E-state index in [1.165, 1.54) is 22.3 Å². The van der Waals surface area contributed by atoms with Crippen LogP contribution in [0.3, 0.4) is 0 Å². The maximum atomic E-state index is 13.5. The summed E-state index contributed by atoms with van der Waals surface area (Å²) in [5.74, 6) is -1.00. The molecule has 7 nitrogen and oxygen atoms in total. The van der Waals surface area contributed by atoms with E-state index in [2.05, 4.69) is 58.6 Å². The quantitative estimate of drug-likeness (QED) is 0.626. The van der Waals surface area contributed by atoms with Crippen LogP contribution in [0, 0.1) is 0 Å². The fourth-order valence-electron chi connectivity index (χ4n) is 5.90. The number of aromatic nitrogens is 2. The van der Waals surface area contributed by atoms with Crippen molar-refractivity contribution in [1.82, 2.24) is 19.8 Å². The lowest BCUT2D eigenvalue weighted by Gasteiger charge is -2.52. The number of hydrogen-bond acceptors (Lipinski definition) is 5. The van der Waals surface area contributed by atoms with Gasteiger partial charge in [-0.15, -0.1) is 0 Å². The number of hydrazine groups is 1. The molecular formula is C26H26N4O3. The lowest BCUT2D eigenvalue weighted by atomic mass is 9.84. The predicted molar refractivity (Wildman–Crippen MR) is 123 cm³/mol. The minimum Gasteiger partial charge on any atom is -0.502 e. The van der Waals surface area contributed by atoms with Gasteiger partial charge in [0.1, 0.15) is 6.17 Å². The van der Waals surface area contributed by atoms with Gasteiger partial charge in [-0.05, 0) is 54.9 Å². The van der Waals surface area contributed by atoms with E-state index in [0.717, 1.165) is 31.9 Å². The van der Waals surface area contributed by atoms with Gasteiger partial charge in [-0.2, -0.15) is 10.1 Å². The molecule has 3 heterocycles. The Kier molecular flexibility index (Phi) is 4.62. The molecule has 1 fully saturated rings. The molecule has 0 spiro atoms. The Hall–Kier alpha value is -3.45. The summed E-state index contributed by atoms with van der Waals surface area (Å²) < 4.78 is 1.59. The Morgan fingerprint density at radius 1 is 0.970 bits per heavy atom. The minimum atomic E-state index is -0.631. The highest BCUT2D eigenvalue weighted by molar-refractivity contribution is 5.95. The summed E-state index contributed by atoms with van der Waals surface area (Å²) >= 11 is 0. The molecule has 1 aliphatic carbocycles. The van der Waals surface area contributed by atoms with Crippen LogP contribution in [0.5, 0.6) is 5.75 Å². The zero-order valence-corrected chi connectivity index (χ0v) is 18.5. The SMILES string of the molecule is C[C@H]1CCCN2[C@H](C3c4ccccc4CCc4ccccc43)n3ncc(=O)c(O)c3C(=O)N12. The molecule has 0 bridgehead atoms. The van der Waals surface area contributed by atoms with Crippen LogP contribution < -0.4 is 5.43 Å². The largest absolute Gasteiger partial charge is 0.502 e. The molecule has 3 aromatic rings. The summed E-state index contributed by atoms with van der Waals surface area (Å²) in [6.07, 6.45) is 4.44. The molecule has 2 aliphatic heterocycles. The molecule has 1 aromatic heterocycles. The van der Waals surface area contributed by atoms with Crippen molar-refractivity contribution in [2.24, 2.45) is 0 Å². The van der Waals surface area contributed by atoms with Crippen LogP contribution in [0.1, 0.15) is 64.6 Å². The standard InChI is InChI=1S/C26H26N4O3/c1-16-7-6-14-28-25(29-23(26(33)30(16)28)24(32)21(31)15-27-29)22-19-10-4-2-8-17(19)12-13-18-9-3-5-11-20(18)22/h2-5,8-11,15-16,22,25,32H,6-7,12-14H2,1H3/t16-,25-/m0/s1. The average Bonchev–Trinajstić information content (AvgIpc) is 2.99. The van der Waals surface area contributed by atoms with E-state index in [9.17, 15) is 14.7 Å². The Morgan fingerprint density at radius 2 is 1.61 bits per heavy atom. The monoisotopic (exact) mass is 442 g/mol. The molecule has 2 aromatic carbocycles. The number of amides is 1. The molecule has 0 saturated carbocycles. The summed E-state index contributed by atoms with van der Waals surface area (Å²) in [7, 11) is 0. The van der Waals surface area contributed by atoms with E-state index in [-0.39, 0.29) is 29.7 Å². The van der Waals surface area contributed by atoms with E-state index in [4.69, 9.17) is 0 Å². The first kappa shape index (κ1) is 20.2. The van der Waals surface area contributed by atoms with Crippen LogP contribution in [0.15, 0.2) is 59.5 Å². The van der Waals surface area contributed by atoms with E-state index < -0.39 is 11.2 Å². The number of fused-ring (bicyclic) bond motifs is 4. The van der Waals surface area contributed by atoms with Gasteiger partial charge in [0.15, 0.2) is 11.4 Å². The third-order valence-electron chi connectivity index (χ3n) is 7.40. The highest BCUT2D eigenvalue weighted by Crippen LogP contribution is 2.46. The summed E-state index contributed by atoms with van der Waals surface area (Å²) in [6, 6.07) is 16.9. The number of hydrogen-bond donors (Lipinski definition) is 1. The molecule has 3 aliphatic rings. The number of benzene rings is 2. The number of aryl methyl sites for hydroxylation is 2. The third-order valence-corrected chi connectivity index (χ3v) is 7.40. The van der Waals surface area contributed by atoms with Crippen molar-refractivity contribution in [3.63, 3.8) is 0 Å². The van der Waals surface area contributed by atoms with E-state index >= 15 is 0 Å². The van der Waals surface area contributed by atoms with Crippen molar-refractivity contribution in [2.45, 2.75) is 50.7 Å². The van der Waals surface area contributed by atoms with Crippen LogP contribution in [-0.4, -0.2) is 43.4 Å². The molecule has 33 heavy (non-hydrogen) atoms. The van der Waals surface area contributed by atoms with Crippen molar-refractivity contribution < 1.29 is 9.90 Å². The number of aromatic hydroxyl groups is 1. The van der Waals surface area contributed by atoms with Gasteiger partial charge >= 0.3 is 0 Å². The Balaban J connectivity index is 1.66. The maximum Gasteiger partial charge on any atom is 0.290 e. The van der Waals surface area contributed by atoms with Crippen LogP contribution in [-0.2, 0) is 12.8 Å². The second-order valence-electron chi connectivity index (χ2n) is 9.24. The van der Waals surface area contributed by atoms with Crippen molar-refractivity contribution in [2.75, 3.05) is 6.54 Å². The lowest BCUT2D eigenvalue weighted by Crippen LogP contribution is -2.62. The van der Waals surface area contributed by atoms with Crippen LogP contribution in [0.2, 0.25) is 0 Å². The molecule has 168 valence electrons. The molecule has 1 N–H and O–H groups in total. The summed E-state index contributed by atoms with van der Waals surface area (Å²) in [4.78, 5) is 25.8. The van der Waals surface area contributed by atoms with E-state index in [0.29, 0.717) is 6.54 Å². The highest BCUT2D eigenvalue weighted by atomic mass is 16.3. The van der Waals surface area contributed by atoms with Crippen molar-refractivity contribution in [1.29, 1.82) is 0 Å². The molecule has 6 rings (SSSR count). The zero-order valence-electron chi connectivity index (χ0n) is 18.5. The van der Waals surface area contributed by atoms with Crippen LogP contribution in [0.4, 0.5) is 0 Å². The average molecular weight is 443 g/mol. The predicted octanol–water partition coefficient (Wildman–Crippen LogP) is 3.23. The van der Waals surface area contributed by atoms with E-state index in [1.54, 1.807) is 9.69 Å². The van der Waals surface area contributed by atoms with Gasteiger partial charge in [0.25, 0.3) is 5.91 Å². The molecular weight excluding hydrogens is 416 g/mol. The van der Waals surface area contributed by atoms with Gasteiger partial charge in [0.2, 0.25) is 5.43 Å². The fourth-order valence-corrected chi connectivity index (χ4v) is 5.90. The van der Waals surface area contributed by atoms with Gasteiger partial charge in [0, 0.05) is 18.5 Å². The first-order valence-corrected chi connectivity index (χ1v) is 11.6. The molecule has 7 heteroatoms. The number of nitrogens with zero attached hydrogens (tertiary/aromatic N) is 4. The van der Waals surface area contributed by atoms with Gasteiger partial charge in [0.05, 0.1) is 6.20 Å². The van der Waals surface area contributed by atoms with Crippen molar-refractivity contribution in [3.8, 4) is 5.75 Å². The van der Waals surface area contributed by atoms with E-state index in [1.807, 2.05) is 6.92 Å². The fraction of sp³-hybridized carbons (Fsp3) is 0.346. The Bertz CT molecular complexity index is 1270. The van der Waals surface area contributed by atoms with Crippen molar-refractivity contribution in [3.05, 3.63) is 92.9 Å². The molecule has 0 radical (unpaired) electrons. The van der Waals surface area contributed by atoms with Gasteiger partial charge in [-0.25, -0.2) is 4.68 Å². The Morgan fingerprint density at radius 3 is 2.27 bits per heavy atom. The highest BCUT2D eigenvalue weighted by Gasteiger charge is 2.48. The summed E-state index contributed by atoms with van der Waals surface area (Å²) in [5.41, 5.74) is 4.31. The van der Waals surface area contributed by atoms with Gasteiger partial charge < -0.3 is 5.11 Å². The second-order valence-corrected chi connectivity index (χ2v) is 9.24. The molecule has 1 amide bonds. The normalized spacial score (nSPS) is 22.7. The number of carbonyl (C=O) groups excluding carboxylic acids is 1. The third kappa shape index (κ3) is 2.95. The molecule has 2 atom stereocenters.